The molecule has 0 radical (unpaired) electrons. The van der Waals surface area contributed by atoms with Gasteiger partial charge in [-0.1, -0.05) is 50.1 Å². The van der Waals surface area contributed by atoms with Crippen LogP contribution in [-0.4, -0.2) is 5.97 Å². The largest absolute Gasteiger partial charge is 0.426 e. The van der Waals surface area contributed by atoms with E-state index in [0.717, 1.165) is 31.3 Å². The second kappa shape index (κ2) is 7.70. The van der Waals surface area contributed by atoms with E-state index in [1.807, 2.05) is 13.0 Å². The molecule has 0 aromatic carbocycles. The molecule has 1 saturated carbocycles. The minimum absolute atomic E-state index is 0.0616. The zero-order valence-electron chi connectivity index (χ0n) is 11.2. The van der Waals surface area contributed by atoms with E-state index in [9.17, 15) is 4.79 Å². The summed E-state index contributed by atoms with van der Waals surface area (Å²) in [4.78, 5) is 11.9. The fraction of sp³-hybridized carbons (Fsp3) is 0.438. The molecule has 98 valence electrons. The van der Waals surface area contributed by atoms with Gasteiger partial charge < -0.3 is 4.74 Å². The Morgan fingerprint density at radius 1 is 1.11 bits per heavy atom. The first kappa shape index (κ1) is 14.5. The molecule has 0 heterocycles. The van der Waals surface area contributed by atoms with Crippen LogP contribution < -0.4 is 0 Å². The molecule has 2 nitrogen and oxygen atoms in total. The summed E-state index contributed by atoms with van der Waals surface area (Å²) >= 11 is 0. The highest BCUT2D eigenvalue weighted by Crippen LogP contribution is 2.25. The van der Waals surface area contributed by atoms with Crippen LogP contribution in [0.2, 0.25) is 0 Å². The normalized spacial score (nSPS) is 18.3. The molecular weight excluding hydrogens is 224 g/mol. The fourth-order valence-electron chi connectivity index (χ4n) is 1.96. The maximum atomic E-state index is 11.9. The van der Waals surface area contributed by atoms with Crippen LogP contribution >= 0.6 is 0 Å². The van der Waals surface area contributed by atoms with E-state index in [0.29, 0.717) is 5.76 Å². The third kappa shape index (κ3) is 4.74. The fourth-order valence-corrected chi connectivity index (χ4v) is 1.96. The third-order valence-electron chi connectivity index (χ3n) is 3.19. The molecular formula is C16H22O2. The molecule has 0 aromatic rings. The van der Waals surface area contributed by atoms with Crippen molar-refractivity contribution in [1.29, 1.82) is 0 Å². The Bertz CT molecular complexity index is 369. The minimum Gasteiger partial charge on any atom is -0.426 e. The van der Waals surface area contributed by atoms with E-state index >= 15 is 0 Å². The van der Waals surface area contributed by atoms with Gasteiger partial charge in [0.15, 0.2) is 0 Å². The molecule has 18 heavy (non-hydrogen) atoms. The smallest absolute Gasteiger partial charge is 0.314 e. The van der Waals surface area contributed by atoms with Crippen LogP contribution in [0.25, 0.3) is 0 Å². The summed E-state index contributed by atoms with van der Waals surface area (Å²) < 4.78 is 5.36. The number of ether oxygens (including phenoxy) is 1. The van der Waals surface area contributed by atoms with Crippen LogP contribution in [0.15, 0.2) is 48.8 Å². The molecule has 0 N–H and O–H groups in total. The lowest BCUT2D eigenvalue weighted by Crippen LogP contribution is -2.19. The molecule has 0 saturated heterocycles. The average Bonchev–Trinajstić information content (AvgIpc) is 2.43. The summed E-state index contributed by atoms with van der Waals surface area (Å²) in [7, 11) is 0. The highest BCUT2D eigenvalue weighted by Gasteiger charge is 2.22. The van der Waals surface area contributed by atoms with E-state index in [4.69, 9.17) is 4.74 Å². The van der Waals surface area contributed by atoms with Gasteiger partial charge >= 0.3 is 5.97 Å². The Morgan fingerprint density at radius 2 is 1.78 bits per heavy atom. The Kier molecular flexibility index (Phi) is 6.20. The molecule has 1 aliphatic carbocycles. The molecule has 1 aliphatic rings. The van der Waals surface area contributed by atoms with E-state index in [1.165, 1.54) is 6.42 Å². The van der Waals surface area contributed by atoms with Crippen molar-refractivity contribution in [3.05, 3.63) is 48.8 Å². The topological polar surface area (TPSA) is 26.3 Å². The Balaban J connectivity index is 2.59. The molecule has 0 atom stereocenters. The van der Waals surface area contributed by atoms with Gasteiger partial charge in [0, 0.05) is 0 Å². The van der Waals surface area contributed by atoms with Crippen molar-refractivity contribution in [3.8, 4) is 0 Å². The van der Waals surface area contributed by atoms with Crippen molar-refractivity contribution in [2.24, 2.45) is 5.92 Å². The van der Waals surface area contributed by atoms with Crippen LogP contribution in [0.1, 0.15) is 39.0 Å². The monoisotopic (exact) mass is 246 g/mol. The van der Waals surface area contributed by atoms with Gasteiger partial charge in [-0.25, -0.2) is 0 Å². The van der Waals surface area contributed by atoms with Gasteiger partial charge in [-0.3, -0.25) is 4.79 Å². The van der Waals surface area contributed by atoms with E-state index < -0.39 is 0 Å². The number of rotatable bonds is 5. The Labute approximate surface area is 110 Å². The molecule has 0 unspecified atom stereocenters. The van der Waals surface area contributed by atoms with Crippen LogP contribution in [0.5, 0.6) is 0 Å². The van der Waals surface area contributed by atoms with Gasteiger partial charge in [-0.2, -0.15) is 0 Å². The van der Waals surface area contributed by atoms with Crippen LogP contribution in [0.4, 0.5) is 0 Å². The summed E-state index contributed by atoms with van der Waals surface area (Å²) in [6.45, 7) is 9.27. The SMILES string of the molecule is C=C/C(C)=C\C=C(/C=C)OC(=O)C1CCCCC1. The van der Waals surface area contributed by atoms with Crippen LogP contribution in [-0.2, 0) is 9.53 Å². The third-order valence-corrected chi connectivity index (χ3v) is 3.19. The quantitative estimate of drug-likeness (QED) is 0.410. The molecule has 0 aromatic heterocycles. The minimum atomic E-state index is -0.120. The second-order valence-corrected chi connectivity index (χ2v) is 4.64. The molecule has 2 heteroatoms. The van der Waals surface area contributed by atoms with Crippen LogP contribution in [0.3, 0.4) is 0 Å². The maximum Gasteiger partial charge on any atom is 0.314 e. The molecule has 1 fully saturated rings. The summed E-state index contributed by atoms with van der Waals surface area (Å²) in [6.07, 6.45) is 12.3. The van der Waals surface area contributed by atoms with Crippen molar-refractivity contribution in [2.45, 2.75) is 39.0 Å². The second-order valence-electron chi connectivity index (χ2n) is 4.64. The first-order chi connectivity index (χ1) is 8.67. The number of hydrogen-bond acceptors (Lipinski definition) is 2. The predicted octanol–water partition coefficient (Wildman–Crippen LogP) is 4.31. The van der Waals surface area contributed by atoms with Gasteiger partial charge in [0.05, 0.1) is 5.92 Å². The standard InChI is InChI=1S/C16H22O2/c1-4-13(3)11-12-15(5-2)18-16(17)14-9-7-6-8-10-14/h4-5,11-12,14H,1-2,6-10H2,3H3/b13-11-,15-12+. The van der Waals surface area contributed by atoms with E-state index in [1.54, 1.807) is 18.2 Å². The zero-order valence-corrected chi connectivity index (χ0v) is 11.2. The van der Waals surface area contributed by atoms with Crippen molar-refractivity contribution in [3.63, 3.8) is 0 Å². The maximum absolute atomic E-state index is 11.9. The van der Waals surface area contributed by atoms with Gasteiger partial charge in [0.1, 0.15) is 5.76 Å². The lowest BCUT2D eigenvalue weighted by Gasteiger charge is -2.19. The number of carbonyl (C=O) groups excluding carboxylic acids is 1. The molecule has 0 spiro atoms. The first-order valence-electron chi connectivity index (χ1n) is 6.52. The molecule has 0 bridgehead atoms. The van der Waals surface area contributed by atoms with E-state index in [2.05, 4.69) is 13.2 Å². The zero-order chi connectivity index (χ0) is 13.4. The van der Waals surface area contributed by atoms with Crippen LogP contribution in [0, 0.1) is 5.92 Å². The first-order valence-corrected chi connectivity index (χ1v) is 6.52. The predicted molar refractivity (Wildman–Crippen MR) is 74.9 cm³/mol. The lowest BCUT2D eigenvalue weighted by molar-refractivity contribution is -0.144. The Morgan fingerprint density at radius 3 is 2.33 bits per heavy atom. The molecule has 1 rings (SSSR count). The van der Waals surface area contributed by atoms with Crippen molar-refractivity contribution in [1.82, 2.24) is 0 Å². The molecule has 0 amide bonds. The van der Waals surface area contributed by atoms with Crippen molar-refractivity contribution < 1.29 is 9.53 Å². The van der Waals surface area contributed by atoms with Gasteiger partial charge in [0.25, 0.3) is 0 Å². The van der Waals surface area contributed by atoms with Gasteiger partial charge in [0.2, 0.25) is 0 Å². The lowest BCUT2D eigenvalue weighted by atomic mass is 9.89. The molecule has 0 aliphatic heterocycles. The number of carbonyl (C=O) groups is 1. The highest BCUT2D eigenvalue weighted by atomic mass is 16.5. The van der Waals surface area contributed by atoms with Gasteiger partial charge in [-0.15, -0.1) is 0 Å². The Hall–Kier alpha value is -1.57. The van der Waals surface area contributed by atoms with Crippen molar-refractivity contribution in [2.75, 3.05) is 0 Å². The van der Waals surface area contributed by atoms with E-state index in [-0.39, 0.29) is 11.9 Å². The summed E-state index contributed by atoms with van der Waals surface area (Å²) in [5, 5.41) is 0. The summed E-state index contributed by atoms with van der Waals surface area (Å²) in [5.41, 5.74) is 1.02. The van der Waals surface area contributed by atoms with Gasteiger partial charge in [-0.05, 0) is 31.9 Å². The number of esters is 1. The van der Waals surface area contributed by atoms with Crippen molar-refractivity contribution >= 4 is 5.97 Å². The summed E-state index contributed by atoms with van der Waals surface area (Å²) in [5.74, 6) is 0.448. The number of allylic oxidation sites excluding steroid dienone is 5. The summed E-state index contributed by atoms with van der Waals surface area (Å²) in [6, 6.07) is 0. The number of hydrogen-bond donors (Lipinski definition) is 0. The highest BCUT2D eigenvalue weighted by molar-refractivity contribution is 5.74. The average molecular weight is 246 g/mol.